The highest BCUT2D eigenvalue weighted by atomic mass is 15.3. The molecule has 0 radical (unpaired) electrons. The van der Waals surface area contributed by atoms with Crippen LogP contribution < -0.4 is 5.32 Å². The molecular formula is C14H26N2. The van der Waals surface area contributed by atoms with Crippen LogP contribution in [0.25, 0.3) is 0 Å². The van der Waals surface area contributed by atoms with Gasteiger partial charge in [0.2, 0.25) is 0 Å². The van der Waals surface area contributed by atoms with Gasteiger partial charge in [0.15, 0.2) is 0 Å². The van der Waals surface area contributed by atoms with Gasteiger partial charge in [-0.3, -0.25) is 4.90 Å². The fraction of sp³-hybridized carbons (Fsp3) is 0.857. The number of hydrogen-bond donors (Lipinski definition) is 1. The van der Waals surface area contributed by atoms with Crippen LogP contribution in [-0.2, 0) is 0 Å². The lowest BCUT2D eigenvalue weighted by molar-refractivity contribution is 0.0488. The summed E-state index contributed by atoms with van der Waals surface area (Å²) < 4.78 is 0. The quantitative estimate of drug-likeness (QED) is 0.722. The summed E-state index contributed by atoms with van der Waals surface area (Å²) in [5.41, 5.74) is 0.419. The molecule has 0 aromatic rings. The van der Waals surface area contributed by atoms with Gasteiger partial charge in [0, 0.05) is 30.7 Å². The van der Waals surface area contributed by atoms with Crippen LogP contribution in [0.15, 0.2) is 12.7 Å². The largest absolute Gasteiger partial charge is 0.308 e. The smallest absolute Gasteiger partial charge is 0.0309 e. The first-order valence-electron chi connectivity index (χ1n) is 6.80. The van der Waals surface area contributed by atoms with Crippen LogP contribution >= 0.6 is 0 Å². The Morgan fingerprint density at radius 3 is 2.69 bits per heavy atom. The molecule has 2 nitrogen and oxygen atoms in total. The molecule has 1 saturated carbocycles. The van der Waals surface area contributed by atoms with Gasteiger partial charge in [0.1, 0.15) is 0 Å². The van der Waals surface area contributed by atoms with E-state index in [0.717, 1.165) is 6.54 Å². The first kappa shape index (κ1) is 12.1. The molecule has 0 amide bonds. The second-order valence-corrected chi connectivity index (χ2v) is 5.72. The van der Waals surface area contributed by atoms with Crippen LogP contribution in [0.4, 0.5) is 0 Å². The number of piperazine rings is 1. The van der Waals surface area contributed by atoms with Crippen LogP contribution in [0.3, 0.4) is 0 Å². The Labute approximate surface area is 100 Å². The van der Waals surface area contributed by atoms with E-state index in [-0.39, 0.29) is 0 Å². The molecule has 1 aliphatic heterocycles. The highest BCUT2D eigenvalue weighted by Crippen LogP contribution is 2.32. The Hall–Kier alpha value is -0.340. The minimum Gasteiger partial charge on any atom is -0.308 e. The summed E-state index contributed by atoms with van der Waals surface area (Å²) in [6.45, 7) is 10.9. The van der Waals surface area contributed by atoms with Gasteiger partial charge < -0.3 is 5.32 Å². The zero-order valence-electron chi connectivity index (χ0n) is 10.8. The molecule has 2 atom stereocenters. The zero-order chi connectivity index (χ0) is 11.6. The van der Waals surface area contributed by atoms with Gasteiger partial charge in [-0.25, -0.2) is 0 Å². The summed E-state index contributed by atoms with van der Waals surface area (Å²) in [7, 11) is 0. The van der Waals surface area contributed by atoms with Crippen molar-refractivity contribution in [3.8, 4) is 0 Å². The molecule has 1 heterocycles. The fourth-order valence-corrected chi connectivity index (χ4v) is 3.29. The Bertz CT molecular complexity index is 243. The summed E-state index contributed by atoms with van der Waals surface area (Å²) in [5, 5.41) is 3.82. The number of nitrogens with zero attached hydrogens (tertiary/aromatic N) is 1. The first-order chi connectivity index (χ1) is 7.67. The molecule has 1 N–H and O–H groups in total. The van der Waals surface area contributed by atoms with Crippen LogP contribution in [0.2, 0.25) is 0 Å². The fourth-order valence-electron chi connectivity index (χ4n) is 3.29. The van der Waals surface area contributed by atoms with E-state index < -0.39 is 0 Å². The molecule has 0 aromatic carbocycles. The first-order valence-corrected chi connectivity index (χ1v) is 6.80. The molecule has 2 aliphatic rings. The van der Waals surface area contributed by atoms with E-state index >= 15 is 0 Å². The van der Waals surface area contributed by atoms with Crippen molar-refractivity contribution >= 4 is 0 Å². The number of rotatable bonds is 2. The Kier molecular flexibility index (Phi) is 3.70. The van der Waals surface area contributed by atoms with Gasteiger partial charge in [0.05, 0.1) is 0 Å². The van der Waals surface area contributed by atoms with Gasteiger partial charge in [-0.05, 0) is 26.7 Å². The second-order valence-electron chi connectivity index (χ2n) is 5.72. The van der Waals surface area contributed by atoms with Crippen molar-refractivity contribution in [2.45, 2.75) is 63.6 Å². The van der Waals surface area contributed by atoms with Crippen LogP contribution in [0.1, 0.15) is 46.0 Å². The van der Waals surface area contributed by atoms with Crippen molar-refractivity contribution in [2.24, 2.45) is 0 Å². The SMILES string of the molecule is C=CC(C)N1CC2(CCCCC2)NCC1C. The molecule has 2 heteroatoms. The molecule has 2 unspecified atom stereocenters. The van der Waals surface area contributed by atoms with E-state index in [4.69, 9.17) is 0 Å². The van der Waals surface area contributed by atoms with Gasteiger partial charge >= 0.3 is 0 Å². The lowest BCUT2D eigenvalue weighted by atomic mass is 9.79. The maximum absolute atomic E-state index is 3.94. The van der Waals surface area contributed by atoms with Gasteiger partial charge in [-0.15, -0.1) is 6.58 Å². The Morgan fingerprint density at radius 1 is 1.38 bits per heavy atom. The topological polar surface area (TPSA) is 15.3 Å². The molecular weight excluding hydrogens is 196 g/mol. The lowest BCUT2D eigenvalue weighted by Crippen LogP contribution is -2.65. The monoisotopic (exact) mass is 222 g/mol. The van der Waals surface area contributed by atoms with E-state index in [0.29, 0.717) is 17.6 Å². The third-order valence-corrected chi connectivity index (χ3v) is 4.50. The Balaban J connectivity index is 2.05. The predicted molar refractivity (Wildman–Crippen MR) is 69.6 cm³/mol. The van der Waals surface area contributed by atoms with Crippen LogP contribution in [0.5, 0.6) is 0 Å². The lowest BCUT2D eigenvalue weighted by Gasteiger charge is -2.50. The van der Waals surface area contributed by atoms with Crippen LogP contribution in [-0.4, -0.2) is 35.6 Å². The highest BCUT2D eigenvalue weighted by Gasteiger charge is 2.39. The predicted octanol–water partition coefficient (Wildman–Crippen LogP) is 2.56. The Morgan fingerprint density at radius 2 is 2.06 bits per heavy atom. The number of nitrogens with one attached hydrogen (secondary N) is 1. The summed E-state index contributed by atoms with van der Waals surface area (Å²) in [6, 6.07) is 1.15. The third-order valence-electron chi connectivity index (χ3n) is 4.50. The van der Waals surface area contributed by atoms with E-state index in [1.807, 2.05) is 0 Å². The van der Waals surface area contributed by atoms with Crippen molar-refractivity contribution in [2.75, 3.05) is 13.1 Å². The summed E-state index contributed by atoms with van der Waals surface area (Å²) in [6.07, 6.45) is 9.03. The molecule has 92 valence electrons. The van der Waals surface area contributed by atoms with E-state index in [2.05, 4.69) is 36.7 Å². The van der Waals surface area contributed by atoms with Crippen molar-refractivity contribution in [1.82, 2.24) is 10.2 Å². The normalized spacial score (nSPS) is 32.5. The standard InChI is InChI=1S/C14H26N2/c1-4-12(2)16-11-14(15-10-13(16)3)8-6-5-7-9-14/h4,12-13,15H,1,5-11H2,2-3H3. The van der Waals surface area contributed by atoms with Gasteiger partial charge in [-0.1, -0.05) is 25.3 Å². The molecule has 2 fully saturated rings. The molecule has 16 heavy (non-hydrogen) atoms. The third kappa shape index (κ3) is 2.33. The van der Waals surface area contributed by atoms with E-state index in [9.17, 15) is 0 Å². The molecule has 1 aliphatic carbocycles. The van der Waals surface area contributed by atoms with Crippen molar-refractivity contribution < 1.29 is 0 Å². The zero-order valence-corrected chi connectivity index (χ0v) is 10.8. The second kappa shape index (κ2) is 4.89. The van der Waals surface area contributed by atoms with Gasteiger partial charge in [0.25, 0.3) is 0 Å². The summed E-state index contributed by atoms with van der Waals surface area (Å²) >= 11 is 0. The molecule has 0 aromatic heterocycles. The molecule has 1 spiro atoms. The van der Waals surface area contributed by atoms with E-state index in [1.165, 1.54) is 38.6 Å². The average Bonchev–Trinajstić information content (AvgIpc) is 2.33. The molecule has 2 rings (SSSR count). The number of hydrogen-bond acceptors (Lipinski definition) is 2. The van der Waals surface area contributed by atoms with Crippen molar-refractivity contribution in [3.63, 3.8) is 0 Å². The van der Waals surface area contributed by atoms with Gasteiger partial charge in [-0.2, -0.15) is 0 Å². The minimum absolute atomic E-state index is 0.419. The summed E-state index contributed by atoms with van der Waals surface area (Å²) in [4.78, 5) is 2.62. The average molecular weight is 222 g/mol. The maximum Gasteiger partial charge on any atom is 0.0309 e. The van der Waals surface area contributed by atoms with Crippen molar-refractivity contribution in [3.05, 3.63) is 12.7 Å². The summed E-state index contributed by atoms with van der Waals surface area (Å²) in [5.74, 6) is 0. The van der Waals surface area contributed by atoms with E-state index in [1.54, 1.807) is 0 Å². The van der Waals surface area contributed by atoms with Crippen LogP contribution in [0, 0.1) is 0 Å². The highest BCUT2D eigenvalue weighted by molar-refractivity contribution is 5.02. The van der Waals surface area contributed by atoms with Crippen molar-refractivity contribution in [1.29, 1.82) is 0 Å². The maximum atomic E-state index is 3.94. The molecule has 1 saturated heterocycles. The minimum atomic E-state index is 0.419. The molecule has 0 bridgehead atoms.